The first-order valence-corrected chi connectivity index (χ1v) is 14.0. The lowest BCUT2D eigenvalue weighted by molar-refractivity contribution is -0.134. The molecule has 0 saturated carbocycles. The maximum Gasteiger partial charge on any atom is 0.254 e. The second kappa shape index (κ2) is 12.7. The Morgan fingerprint density at radius 1 is 1.07 bits per heavy atom. The van der Waals surface area contributed by atoms with Gasteiger partial charge in [0.2, 0.25) is 11.7 Å². The predicted octanol–water partition coefficient (Wildman–Crippen LogP) is 3.16. The zero-order valence-corrected chi connectivity index (χ0v) is 24.9. The SMILES string of the molecule is COc1ccc(-c2cnc3c(Nc4ccc(C(=O)N5CCN(C(=O)[C@@H]6C[C@@H](O)CN6)CC5)c(C)c4)nccn23)c(F)c1F.Cl. The molecule has 2 atom stereocenters. The molecule has 2 fully saturated rings. The molecule has 14 heteroatoms. The summed E-state index contributed by atoms with van der Waals surface area (Å²) in [6, 6.07) is 7.76. The van der Waals surface area contributed by atoms with Crippen LogP contribution >= 0.6 is 12.4 Å². The minimum absolute atomic E-state index is 0. The lowest BCUT2D eigenvalue weighted by atomic mass is 10.1. The number of fused-ring (bicyclic) bond motifs is 1. The molecular weight excluding hydrogens is 596 g/mol. The van der Waals surface area contributed by atoms with E-state index in [1.807, 2.05) is 13.0 Å². The quantitative estimate of drug-likeness (QED) is 0.298. The monoisotopic (exact) mass is 627 g/mol. The Labute approximate surface area is 258 Å². The molecule has 2 saturated heterocycles. The average molecular weight is 628 g/mol. The minimum Gasteiger partial charge on any atom is -0.494 e. The maximum atomic E-state index is 14.8. The van der Waals surface area contributed by atoms with E-state index in [0.29, 0.717) is 67.6 Å². The van der Waals surface area contributed by atoms with Crippen LogP contribution in [-0.4, -0.2) is 93.1 Å². The number of amides is 2. The van der Waals surface area contributed by atoms with E-state index in [0.717, 1.165) is 5.56 Å². The van der Waals surface area contributed by atoms with E-state index in [-0.39, 0.29) is 41.6 Å². The maximum absolute atomic E-state index is 14.8. The van der Waals surface area contributed by atoms with Crippen LogP contribution in [-0.2, 0) is 4.79 Å². The molecule has 232 valence electrons. The van der Waals surface area contributed by atoms with Gasteiger partial charge in [-0.3, -0.25) is 14.0 Å². The zero-order chi connectivity index (χ0) is 30.2. The number of aryl methyl sites for hydroxylation is 1. The highest BCUT2D eigenvalue weighted by Gasteiger charge is 2.33. The lowest BCUT2D eigenvalue weighted by Gasteiger charge is -2.36. The number of piperazine rings is 1. The number of β-amino-alcohol motifs (C(OH)–C–C–N with tert-alkyl or cyclic N) is 1. The van der Waals surface area contributed by atoms with Gasteiger partial charge in [-0.25, -0.2) is 14.4 Å². The van der Waals surface area contributed by atoms with Crippen molar-refractivity contribution in [3.8, 4) is 17.0 Å². The predicted molar refractivity (Wildman–Crippen MR) is 161 cm³/mol. The number of hydrogen-bond acceptors (Lipinski definition) is 8. The van der Waals surface area contributed by atoms with Crippen molar-refractivity contribution < 1.29 is 28.2 Å². The van der Waals surface area contributed by atoms with Gasteiger partial charge in [-0.05, 0) is 49.2 Å². The van der Waals surface area contributed by atoms with E-state index < -0.39 is 17.7 Å². The van der Waals surface area contributed by atoms with Gasteiger partial charge in [-0.15, -0.1) is 12.4 Å². The Morgan fingerprint density at radius 2 is 1.82 bits per heavy atom. The van der Waals surface area contributed by atoms with Gasteiger partial charge in [0.25, 0.3) is 5.91 Å². The van der Waals surface area contributed by atoms with Gasteiger partial charge in [-0.2, -0.15) is 4.39 Å². The standard InChI is InChI=1S/C30H31F2N7O4.ClH/c1-17-13-18(3-4-20(17)29(41)37-9-11-38(12-10-37)30(42)22-14-19(40)15-34-22)36-27-28-35-16-23(39(28)8-7-33-27)21-5-6-24(43-2)26(32)25(21)31;/h3-8,13,16,19,22,34,40H,9-12,14-15H2,1-2H3,(H,33,36);1H/t19-,22+;/m1./s1. The van der Waals surface area contributed by atoms with Crippen LogP contribution < -0.4 is 15.4 Å². The summed E-state index contributed by atoms with van der Waals surface area (Å²) in [6.45, 7) is 3.98. The van der Waals surface area contributed by atoms with Crippen LogP contribution in [0.25, 0.3) is 16.9 Å². The van der Waals surface area contributed by atoms with Crippen molar-refractivity contribution in [2.75, 3.05) is 45.2 Å². The molecule has 4 heterocycles. The van der Waals surface area contributed by atoms with Gasteiger partial charge in [0, 0.05) is 61.9 Å². The number of imidazole rings is 1. The summed E-state index contributed by atoms with van der Waals surface area (Å²) in [5.74, 6) is -2.06. The molecule has 2 aliphatic rings. The Hall–Kier alpha value is -4.33. The van der Waals surface area contributed by atoms with Crippen LogP contribution in [0.2, 0.25) is 0 Å². The van der Waals surface area contributed by atoms with Gasteiger partial charge in [0.15, 0.2) is 23.0 Å². The molecule has 0 unspecified atom stereocenters. The lowest BCUT2D eigenvalue weighted by Crippen LogP contribution is -2.54. The first kappa shape index (κ1) is 31.1. The summed E-state index contributed by atoms with van der Waals surface area (Å²) >= 11 is 0. The normalized spacial score (nSPS) is 18.3. The summed E-state index contributed by atoms with van der Waals surface area (Å²) in [5, 5.41) is 16.0. The number of carbonyl (C=O) groups is 2. The van der Waals surface area contributed by atoms with Crippen LogP contribution in [0.15, 0.2) is 48.9 Å². The third-order valence-corrected chi connectivity index (χ3v) is 7.97. The van der Waals surface area contributed by atoms with Gasteiger partial charge >= 0.3 is 0 Å². The van der Waals surface area contributed by atoms with Crippen molar-refractivity contribution in [1.82, 2.24) is 29.5 Å². The fourth-order valence-electron chi connectivity index (χ4n) is 5.64. The fourth-order valence-corrected chi connectivity index (χ4v) is 5.64. The summed E-state index contributed by atoms with van der Waals surface area (Å²) in [5.41, 5.74) is 2.75. The Kier molecular flexibility index (Phi) is 9.00. The van der Waals surface area contributed by atoms with Crippen LogP contribution in [0.3, 0.4) is 0 Å². The molecule has 0 aliphatic carbocycles. The van der Waals surface area contributed by atoms with Gasteiger partial charge < -0.3 is 30.3 Å². The molecule has 2 amide bonds. The highest BCUT2D eigenvalue weighted by atomic mass is 35.5. The molecule has 2 aromatic carbocycles. The van der Waals surface area contributed by atoms with E-state index >= 15 is 0 Å². The Balaban J connectivity index is 0.00000384. The number of anilines is 2. The van der Waals surface area contributed by atoms with E-state index in [4.69, 9.17) is 4.74 Å². The number of nitrogens with zero attached hydrogens (tertiary/aromatic N) is 5. The van der Waals surface area contributed by atoms with E-state index in [1.165, 1.54) is 31.6 Å². The molecular formula is C30H32ClF2N7O4. The van der Waals surface area contributed by atoms with E-state index in [2.05, 4.69) is 20.6 Å². The molecule has 6 rings (SSSR count). The van der Waals surface area contributed by atoms with E-state index in [1.54, 1.807) is 32.5 Å². The number of carbonyl (C=O) groups excluding carboxylic acids is 2. The molecule has 2 aliphatic heterocycles. The Bertz CT molecular complexity index is 1710. The largest absolute Gasteiger partial charge is 0.494 e. The molecule has 2 aromatic heterocycles. The second-order valence-electron chi connectivity index (χ2n) is 10.7. The smallest absolute Gasteiger partial charge is 0.254 e. The number of halogens is 3. The van der Waals surface area contributed by atoms with Gasteiger partial charge in [0.05, 0.1) is 31.1 Å². The van der Waals surface area contributed by atoms with Crippen LogP contribution in [0.5, 0.6) is 5.75 Å². The number of benzene rings is 2. The third kappa shape index (κ3) is 5.77. The highest BCUT2D eigenvalue weighted by Crippen LogP contribution is 2.31. The van der Waals surface area contributed by atoms with Crippen molar-refractivity contribution in [2.24, 2.45) is 0 Å². The molecule has 44 heavy (non-hydrogen) atoms. The number of aromatic nitrogens is 3. The number of aliphatic hydroxyl groups excluding tert-OH is 1. The summed E-state index contributed by atoms with van der Waals surface area (Å²) in [4.78, 5) is 38.3. The molecule has 0 spiro atoms. The van der Waals surface area contributed by atoms with Crippen LogP contribution in [0.4, 0.5) is 20.3 Å². The number of methoxy groups -OCH3 is 1. The van der Waals surface area contributed by atoms with Crippen molar-refractivity contribution in [3.05, 3.63) is 71.7 Å². The Morgan fingerprint density at radius 3 is 2.50 bits per heavy atom. The summed E-state index contributed by atoms with van der Waals surface area (Å²) in [7, 11) is 1.27. The summed E-state index contributed by atoms with van der Waals surface area (Å²) < 4.78 is 35.7. The van der Waals surface area contributed by atoms with Crippen molar-refractivity contribution >= 4 is 41.4 Å². The van der Waals surface area contributed by atoms with E-state index in [9.17, 15) is 23.5 Å². The minimum atomic E-state index is -1.08. The average Bonchev–Trinajstić information content (AvgIpc) is 3.65. The highest BCUT2D eigenvalue weighted by molar-refractivity contribution is 5.96. The topological polar surface area (TPSA) is 124 Å². The first-order valence-electron chi connectivity index (χ1n) is 14.0. The molecule has 3 N–H and O–H groups in total. The van der Waals surface area contributed by atoms with Gasteiger partial charge in [0.1, 0.15) is 0 Å². The summed E-state index contributed by atoms with van der Waals surface area (Å²) in [6.07, 6.45) is 4.48. The molecule has 0 bridgehead atoms. The van der Waals surface area contributed by atoms with Crippen molar-refractivity contribution in [1.29, 1.82) is 0 Å². The van der Waals surface area contributed by atoms with Crippen molar-refractivity contribution in [3.63, 3.8) is 0 Å². The number of nitrogens with one attached hydrogen (secondary N) is 2. The number of rotatable bonds is 6. The molecule has 0 radical (unpaired) electrons. The fraction of sp³-hybridized carbons (Fsp3) is 0.333. The van der Waals surface area contributed by atoms with Crippen molar-refractivity contribution in [2.45, 2.75) is 25.5 Å². The van der Waals surface area contributed by atoms with Crippen LogP contribution in [0, 0.1) is 18.6 Å². The van der Waals surface area contributed by atoms with Gasteiger partial charge in [-0.1, -0.05) is 0 Å². The van der Waals surface area contributed by atoms with Crippen LogP contribution in [0.1, 0.15) is 22.3 Å². The third-order valence-electron chi connectivity index (χ3n) is 7.97. The number of ether oxygens (including phenoxy) is 1. The number of hydrogen-bond donors (Lipinski definition) is 3. The first-order chi connectivity index (χ1) is 20.7. The molecule has 4 aromatic rings. The number of aliphatic hydroxyl groups is 1. The second-order valence-corrected chi connectivity index (χ2v) is 10.7. The zero-order valence-electron chi connectivity index (χ0n) is 24.1. The molecule has 11 nitrogen and oxygen atoms in total.